The molecule has 0 fully saturated rings. The average Bonchev–Trinajstić information content (AvgIpc) is 2.66. The molecule has 0 aromatic carbocycles. The van der Waals surface area contributed by atoms with E-state index in [4.69, 9.17) is 5.14 Å². The Morgan fingerprint density at radius 1 is 1.50 bits per heavy atom. The summed E-state index contributed by atoms with van der Waals surface area (Å²) in [4.78, 5) is 13.3. The smallest absolute Gasteiger partial charge is 0.275 e. The number of carbonyl (C=O) groups is 1. The molecular weight excluding hydrogens is 256 g/mol. The number of hydrogen-bond donors (Lipinski definition) is 2. The van der Waals surface area contributed by atoms with E-state index < -0.39 is 15.9 Å². The minimum atomic E-state index is -3.96. The van der Waals surface area contributed by atoms with E-state index in [1.807, 2.05) is 6.92 Å². The number of amides is 1. The molecule has 0 saturated heterocycles. The van der Waals surface area contributed by atoms with Crippen LogP contribution in [0.5, 0.6) is 0 Å². The number of primary sulfonamides is 1. The molecule has 0 radical (unpaired) electrons. The van der Waals surface area contributed by atoms with Crippen molar-refractivity contribution >= 4 is 15.9 Å². The Morgan fingerprint density at radius 3 is 2.61 bits per heavy atom. The van der Waals surface area contributed by atoms with Crippen molar-refractivity contribution in [2.45, 2.75) is 31.6 Å². The van der Waals surface area contributed by atoms with E-state index in [0.717, 1.165) is 12.8 Å². The summed E-state index contributed by atoms with van der Waals surface area (Å²) >= 11 is 0. The van der Waals surface area contributed by atoms with Gasteiger partial charge < -0.3 is 4.90 Å². The number of H-pyrrole nitrogens is 1. The highest BCUT2D eigenvalue weighted by molar-refractivity contribution is 7.89. The highest BCUT2D eigenvalue weighted by atomic mass is 32.2. The molecule has 1 aromatic rings. The van der Waals surface area contributed by atoms with Gasteiger partial charge in [-0.25, -0.2) is 13.6 Å². The number of unbranched alkanes of at least 4 members (excludes halogenated alkanes) is 1. The number of rotatable bonds is 5. The van der Waals surface area contributed by atoms with Crippen LogP contribution < -0.4 is 5.14 Å². The standard InChI is InChI=1S/C10H18N4O3S/c1-4-5-6-14(3)10(15)8-9(18(11,16)17)7(2)12-13-8/h4-6H2,1-3H3,(H,12,13)(H2,11,16,17). The molecule has 3 N–H and O–H groups in total. The van der Waals surface area contributed by atoms with Gasteiger partial charge in [-0.15, -0.1) is 0 Å². The molecule has 8 heteroatoms. The van der Waals surface area contributed by atoms with Crippen LogP contribution in [0.4, 0.5) is 0 Å². The molecule has 1 rings (SSSR count). The number of carbonyl (C=O) groups excluding carboxylic acids is 1. The quantitative estimate of drug-likeness (QED) is 0.801. The Morgan fingerprint density at radius 2 is 2.11 bits per heavy atom. The lowest BCUT2D eigenvalue weighted by molar-refractivity contribution is 0.0783. The van der Waals surface area contributed by atoms with Gasteiger partial charge in [0.25, 0.3) is 5.91 Å². The lowest BCUT2D eigenvalue weighted by Gasteiger charge is -2.15. The number of aromatic amines is 1. The van der Waals surface area contributed by atoms with Gasteiger partial charge >= 0.3 is 0 Å². The first-order chi connectivity index (χ1) is 8.29. The molecule has 1 amide bonds. The average molecular weight is 274 g/mol. The molecule has 18 heavy (non-hydrogen) atoms. The van der Waals surface area contributed by atoms with Gasteiger partial charge in [0.2, 0.25) is 10.0 Å². The molecule has 1 heterocycles. The first-order valence-corrected chi connectivity index (χ1v) is 7.16. The zero-order valence-corrected chi connectivity index (χ0v) is 11.5. The molecule has 102 valence electrons. The maximum absolute atomic E-state index is 12.1. The van der Waals surface area contributed by atoms with Crippen molar-refractivity contribution in [3.63, 3.8) is 0 Å². The summed E-state index contributed by atoms with van der Waals surface area (Å²) in [5.41, 5.74) is 0.123. The van der Waals surface area contributed by atoms with Gasteiger partial charge in [0.1, 0.15) is 4.90 Å². The second-order valence-electron chi connectivity index (χ2n) is 4.15. The summed E-state index contributed by atoms with van der Waals surface area (Å²) in [6, 6.07) is 0. The molecule has 0 aliphatic heterocycles. The van der Waals surface area contributed by atoms with Gasteiger partial charge in [0.05, 0.1) is 5.69 Å². The first kappa shape index (κ1) is 14.7. The minimum absolute atomic E-state index is 0.145. The molecule has 0 saturated carbocycles. The van der Waals surface area contributed by atoms with Crippen LogP contribution in [0.2, 0.25) is 0 Å². The Labute approximate surface area is 106 Å². The van der Waals surface area contributed by atoms with Gasteiger partial charge in [-0.3, -0.25) is 9.89 Å². The van der Waals surface area contributed by atoms with E-state index >= 15 is 0 Å². The lowest BCUT2D eigenvalue weighted by Crippen LogP contribution is -2.30. The third-order valence-electron chi connectivity index (χ3n) is 2.57. The highest BCUT2D eigenvalue weighted by Crippen LogP contribution is 2.17. The SMILES string of the molecule is CCCCN(C)C(=O)c1n[nH]c(C)c1S(N)(=O)=O. The molecule has 7 nitrogen and oxygen atoms in total. The summed E-state index contributed by atoms with van der Waals surface area (Å²) < 4.78 is 22.8. The summed E-state index contributed by atoms with van der Waals surface area (Å²) in [6.07, 6.45) is 1.79. The van der Waals surface area contributed by atoms with E-state index in [1.54, 1.807) is 7.05 Å². The van der Waals surface area contributed by atoms with Gasteiger partial charge in [0, 0.05) is 13.6 Å². The second kappa shape index (κ2) is 5.49. The third kappa shape index (κ3) is 3.08. The topological polar surface area (TPSA) is 109 Å². The van der Waals surface area contributed by atoms with Crippen LogP contribution in [-0.2, 0) is 10.0 Å². The van der Waals surface area contributed by atoms with Crippen molar-refractivity contribution in [3.8, 4) is 0 Å². The number of aryl methyl sites for hydroxylation is 1. The number of nitrogens with two attached hydrogens (primary N) is 1. The molecule has 1 aromatic heterocycles. The Kier molecular flexibility index (Phi) is 4.47. The summed E-state index contributed by atoms with van der Waals surface area (Å²) in [5.74, 6) is -0.447. The van der Waals surface area contributed by atoms with Gasteiger partial charge in [0.15, 0.2) is 5.69 Å². The maximum atomic E-state index is 12.1. The van der Waals surface area contributed by atoms with E-state index in [9.17, 15) is 13.2 Å². The largest absolute Gasteiger partial charge is 0.340 e. The first-order valence-electron chi connectivity index (χ1n) is 5.62. The number of sulfonamides is 1. The molecule has 0 spiro atoms. The van der Waals surface area contributed by atoms with Crippen molar-refractivity contribution in [2.24, 2.45) is 5.14 Å². The molecular formula is C10H18N4O3S. The van der Waals surface area contributed by atoms with Gasteiger partial charge in [-0.05, 0) is 13.3 Å². The van der Waals surface area contributed by atoms with Crippen LogP contribution in [-0.4, -0.2) is 43.0 Å². The van der Waals surface area contributed by atoms with Crippen LogP contribution in [0.1, 0.15) is 35.9 Å². The van der Waals surface area contributed by atoms with Gasteiger partial charge in [-0.1, -0.05) is 13.3 Å². The predicted molar refractivity (Wildman–Crippen MR) is 66.6 cm³/mol. The van der Waals surface area contributed by atoms with Crippen molar-refractivity contribution in [3.05, 3.63) is 11.4 Å². The van der Waals surface area contributed by atoms with Crippen molar-refractivity contribution in [2.75, 3.05) is 13.6 Å². The van der Waals surface area contributed by atoms with E-state index in [0.29, 0.717) is 6.54 Å². The fourth-order valence-electron chi connectivity index (χ4n) is 1.59. The summed E-state index contributed by atoms with van der Waals surface area (Å²) in [7, 11) is -2.36. The molecule has 0 aliphatic rings. The maximum Gasteiger partial charge on any atom is 0.275 e. The summed E-state index contributed by atoms with van der Waals surface area (Å²) in [6.45, 7) is 4.06. The van der Waals surface area contributed by atoms with Crippen molar-refractivity contribution in [1.29, 1.82) is 0 Å². The monoisotopic (exact) mass is 274 g/mol. The van der Waals surface area contributed by atoms with Crippen LogP contribution in [0.25, 0.3) is 0 Å². The van der Waals surface area contributed by atoms with Crippen molar-refractivity contribution < 1.29 is 13.2 Å². The van der Waals surface area contributed by atoms with Crippen molar-refractivity contribution in [1.82, 2.24) is 15.1 Å². The second-order valence-corrected chi connectivity index (χ2v) is 5.65. The van der Waals surface area contributed by atoms with Crippen LogP contribution in [0, 0.1) is 6.92 Å². The molecule has 0 bridgehead atoms. The van der Waals surface area contributed by atoms with Gasteiger partial charge in [-0.2, -0.15) is 5.10 Å². The lowest BCUT2D eigenvalue weighted by atomic mass is 10.3. The molecule has 0 atom stereocenters. The number of nitrogens with one attached hydrogen (secondary N) is 1. The van der Waals surface area contributed by atoms with E-state index in [-0.39, 0.29) is 16.3 Å². The van der Waals surface area contributed by atoms with Crippen LogP contribution >= 0.6 is 0 Å². The number of nitrogens with zero attached hydrogens (tertiary/aromatic N) is 2. The highest BCUT2D eigenvalue weighted by Gasteiger charge is 2.27. The zero-order valence-electron chi connectivity index (χ0n) is 10.7. The fourth-order valence-corrected chi connectivity index (χ4v) is 2.46. The van der Waals surface area contributed by atoms with E-state index in [2.05, 4.69) is 10.2 Å². The molecule has 0 unspecified atom stereocenters. The summed E-state index contributed by atoms with van der Waals surface area (Å²) in [5, 5.41) is 11.3. The molecule has 0 aliphatic carbocycles. The third-order valence-corrected chi connectivity index (χ3v) is 3.64. The van der Waals surface area contributed by atoms with Crippen LogP contribution in [0.15, 0.2) is 4.90 Å². The van der Waals surface area contributed by atoms with E-state index in [1.165, 1.54) is 11.8 Å². The fraction of sp³-hybridized carbons (Fsp3) is 0.600. The number of aromatic nitrogens is 2. The minimum Gasteiger partial charge on any atom is -0.340 e. The predicted octanol–water partition coefficient (Wildman–Crippen LogP) is 0.238. The Bertz CT molecular complexity index is 535. The zero-order chi connectivity index (χ0) is 13.9. The Balaban J connectivity index is 3.08. The number of hydrogen-bond acceptors (Lipinski definition) is 4. The Hall–Kier alpha value is -1.41. The van der Waals surface area contributed by atoms with Crippen LogP contribution in [0.3, 0.4) is 0 Å². The normalized spacial score (nSPS) is 11.6.